The van der Waals surface area contributed by atoms with E-state index in [0.717, 1.165) is 24.0 Å². The maximum atomic E-state index is 5.44. The van der Waals surface area contributed by atoms with E-state index in [4.69, 9.17) is 4.74 Å². The molecule has 2 saturated carbocycles. The van der Waals surface area contributed by atoms with Crippen LogP contribution >= 0.6 is 0 Å². The molecule has 2 unspecified atom stereocenters. The van der Waals surface area contributed by atoms with Crippen molar-refractivity contribution in [2.45, 2.75) is 31.5 Å². The summed E-state index contributed by atoms with van der Waals surface area (Å²) in [6.45, 7) is 0. The van der Waals surface area contributed by atoms with Crippen molar-refractivity contribution >= 4 is 0 Å². The lowest BCUT2D eigenvalue weighted by atomic mass is 10.0. The van der Waals surface area contributed by atoms with Crippen LogP contribution in [0.4, 0.5) is 0 Å². The van der Waals surface area contributed by atoms with Gasteiger partial charge < -0.3 is 4.74 Å². The number of epoxide rings is 1. The Morgan fingerprint density at radius 1 is 1.00 bits per heavy atom. The fourth-order valence-electron chi connectivity index (χ4n) is 2.54. The fraction of sp³-hybridized carbons (Fsp3) is 1.00. The minimum absolute atomic E-state index is 0.744. The molecule has 1 saturated heterocycles. The van der Waals surface area contributed by atoms with Gasteiger partial charge in [0.2, 0.25) is 0 Å². The van der Waals surface area contributed by atoms with Crippen LogP contribution in [-0.2, 0) is 4.74 Å². The normalized spacial score (nSPS) is 66.0. The van der Waals surface area contributed by atoms with Crippen LogP contribution in [0.25, 0.3) is 0 Å². The van der Waals surface area contributed by atoms with Gasteiger partial charge in [0.1, 0.15) is 0 Å². The molecule has 3 fully saturated rings. The maximum Gasteiger partial charge on any atom is 0.0872 e. The van der Waals surface area contributed by atoms with Crippen molar-refractivity contribution in [1.82, 2.24) is 0 Å². The molecule has 1 aliphatic heterocycles. The second-order valence-corrected chi connectivity index (χ2v) is 3.40. The Bertz CT molecular complexity index is 118. The molecular weight excluding hydrogens is 100 g/mol. The van der Waals surface area contributed by atoms with Crippen molar-refractivity contribution in [1.29, 1.82) is 0 Å². The van der Waals surface area contributed by atoms with Gasteiger partial charge in [0.05, 0.1) is 12.2 Å². The summed E-state index contributed by atoms with van der Waals surface area (Å²) < 4.78 is 5.44. The van der Waals surface area contributed by atoms with Crippen LogP contribution in [0.15, 0.2) is 0 Å². The van der Waals surface area contributed by atoms with Gasteiger partial charge >= 0.3 is 0 Å². The summed E-state index contributed by atoms with van der Waals surface area (Å²) >= 11 is 0. The smallest absolute Gasteiger partial charge is 0.0872 e. The highest BCUT2D eigenvalue weighted by molar-refractivity contribution is 5.07. The van der Waals surface area contributed by atoms with Crippen LogP contribution < -0.4 is 0 Å². The van der Waals surface area contributed by atoms with Gasteiger partial charge in [-0.2, -0.15) is 0 Å². The first-order chi connectivity index (χ1) is 3.95. The molecule has 0 N–H and O–H groups in total. The van der Waals surface area contributed by atoms with Gasteiger partial charge in [0, 0.05) is 0 Å². The Kier molecular flexibility index (Phi) is 0.472. The first kappa shape index (κ1) is 3.89. The minimum atomic E-state index is 0.744. The first-order valence-corrected chi connectivity index (χ1v) is 3.60. The average Bonchev–Trinajstić information content (AvgIpc) is 2.39. The first-order valence-electron chi connectivity index (χ1n) is 3.60. The molecule has 44 valence electrons. The van der Waals surface area contributed by atoms with Gasteiger partial charge in [0.15, 0.2) is 0 Å². The van der Waals surface area contributed by atoms with E-state index in [1.165, 1.54) is 19.3 Å². The number of hydrogen-bond acceptors (Lipinski definition) is 1. The van der Waals surface area contributed by atoms with Gasteiger partial charge in [-0.15, -0.1) is 0 Å². The van der Waals surface area contributed by atoms with Crippen LogP contribution in [-0.4, -0.2) is 12.2 Å². The quantitative estimate of drug-likeness (QED) is 0.427. The van der Waals surface area contributed by atoms with Gasteiger partial charge in [-0.1, -0.05) is 0 Å². The largest absolute Gasteiger partial charge is 0.369 e. The second-order valence-electron chi connectivity index (χ2n) is 3.40. The lowest BCUT2D eigenvalue weighted by molar-refractivity contribution is 0.264. The van der Waals surface area contributed by atoms with Crippen LogP contribution in [0.3, 0.4) is 0 Å². The number of ether oxygens (including phenoxy) is 1. The summed E-state index contributed by atoms with van der Waals surface area (Å²) in [6, 6.07) is 0. The third-order valence-electron chi connectivity index (χ3n) is 3.00. The number of fused-ring (bicyclic) bond motifs is 5. The summed E-state index contributed by atoms with van der Waals surface area (Å²) in [5.74, 6) is 1.98. The summed E-state index contributed by atoms with van der Waals surface area (Å²) in [7, 11) is 0. The predicted octanol–water partition coefficient (Wildman–Crippen LogP) is 1.18. The Balaban J connectivity index is 2.02. The predicted molar refractivity (Wildman–Crippen MR) is 29.5 cm³/mol. The van der Waals surface area contributed by atoms with Crippen molar-refractivity contribution in [2.24, 2.45) is 11.8 Å². The van der Waals surface area contributed by atoms with Crippen LogP contribution in [0, 0.1) is 11.8 Å². The number of rotatable bonds is 0. The van der Waals surface area contributed by atoms with Crippen LogP contribution in [0.1, 0.15) is 19.3 Å². The van der Waals surface area contributed by atoms with E-state index in [-0.39, 0.29) is 0 Å². The van der Waals surface area contributed by atoms with E-state index in [1.54, 1.807) is 0 Å². The molecule has 3 rings (SSSR count). The average molecular weight is 110 g/mol. The van der Waals surface area contributed by atoms with Crippen molar-refractivity contribution in [3.63, 3.8) is 0 Å². The molecule has 4 atom stereocenters. The van der Waals surface area contributed by atoms with E-state index in [2.05, 4.69) is 0 Å². The minimum Gasteiger partial charge on any atom is -0.369 e. The van der Waals surface area contributed by atoms with Gasteiger partial charge in [-0.25, -0.2) is 0 Å². The molecule has 2 aliphatic carbocycles. The van der Waals surface area contributed by atoms with Gasteiger partial charge in [0.25, 0.3) is 0 Å². The summed E-state index contributed by atoms with van der Waals surface area (Å²) in [5, 5.41) is 0. The highest BCUT2D eigenvalue weighted by atomic mass is 16.6. The van der Waals surface area contributed by atoms with E-state index in [9.17, 15) is 0 Å². The van der Waals surface area contributed by atoms with E-state index < -0.39 is 0 Å². The molecule has 0 radical (unpaired) electrons. The summed E-state index contributed by atoms with van der Waals surface area (Å²) in [6.07, 6.45) is 5.91. The molecule has 1 nitrogen and oxygen atoms in total. The maximum absolute atomic E-state index is 5.44. The Morgan fingerprint density at radius 3 is 2.00 bits per heavy atom. The molecule has 2 bridgehead atoms. The zero-order valence-electron chi connectivity index (χ0n) is 4.84. The molecule has 0 spiro atoms. The van der Waals surface area contributed by atoms with E-state index in [0.29, 0.717) is 0 Å². The van der Waals surface area contributed by atoms with Gasteiger partial charge in [-0.3, -0.25) is 0 Å². The molecule has 0 amide bonds. The highest BCUT2D eigenvalue weighted by Crippen LogP contribution is 2.55. The van der Waals surface area contributed by atoms with E-state index >= 15 is 0 Å². The Hall–Kier alpha value is -0.0400. The molecule has 0 aromatic heterocycles. The SMILES string of the molecule is C1C[C@H]2C[C@@H]1C1OC12. The molecule has 1 heterocycles. The zero-order chi connectivity index (χ0) is 5.14. The summed E-state index contributed by atoms with van der Waals surface area (Å²) in [5.41, 5.74) is 0. The molecule has 3 aliphatic rings. The van der Waals surface area contributed by atoms with Crippen LogP contribution in [0.5, 0.6) is 0 Å². The van der Waals surface area contributed by atoms with Crippen molar-refractivity contribution in [3.05, 3.63) is 0 Å². The highest BCUT2D eigenvalue weighted by Gasteiger charge is 2.59. The summed E-state index contributed by atoms with van der Waals surface area (Å²) in [4.78, 5) is 0. The van der Waals surface area contributed by atoms with Crippen molar-refractivity contribution < 1.29 is 4.74 Å². The zero-order valence-corrected chi connectivity index (χ0v) is 4.84. The molecular formula is C7H10O. The monoisotopic (exact) mass is 110 g/mol. The molecule has 1 heteroatoms. The van der Waals surface area contributed by atoms with Gasteiger partial charge in [-0.05, 0) is 31.1 Å². The molecule has 0 aromatic carbocycles. The van der Waals surface area contributed by atoms with Crippen molar-refractivity contribution in [3.8, 4) is 0 Å². The standard InChI is InChI=1S/C7H10O/c1-2-5-3-4(1)6-7(5)8-6/h4-7H,1-3H2/t4-,5+,6?,7?. The number of hydrogen-bond donors (Lipinski definition) is 0. The molecule has 0 aromatic rings. The Labute approximate surface area is 49.0 Å². The third kappa shape index (κ3) is 0.278. The third-order valence-corrected chi connectivity index (χ3v) is 3.00. The second kappa shape index (κ2) is 0.971. The Morgan fingerprint density at radius 2 is 1.62 bits per heavy atom. The van der Waals surface area contributed by atoms with Crippen molar-refractivity contribution in [2.75, 3.05) is 0 Å². The lowest BCUT2D eigenvalue weighted by Gasteiger charge is -1.99. The van der Waals surface area contributed by atoms with Crippen LogP contribution in [0.2, 0.25) is 0 Å². The molecule has 8 heavy (non-hydrogen) atoms. The van der Waals surface area contributed by atoms with E-state index in [1.807, 2.05) is 0 Å². The lowest BCUT2D eigenvalue weighted by Crippen LogP contribution is -2.04. The topological polar surface area (TPSA) is 12.5 Å². The fourth-order valence-corrected chi connectivity index (χ4v) is 2.54.